The summed E-state index contributed by atoms with van der Waals surface area (Å²) in [6.07, 6.45) is 5.08. The maximum atomic E-state index is 9.71. The molecule has 0 aromatic carbocycles. The molecule has 6 heteroatoms. The van der Waals surface area contributed by atoms with Crippen molar-refractivity contribution in [3.8, 4) is 0 Å². The summed E-state index contributed by atoms with van der Waals surface area (Å²) in [6, 6.07) is 1.93. The molecule has 0 amide bonds. The van der Waals surface area contributed by atoms with Gasteiger partial charge in [-0.15, -0.1) is 0 Å². The zero-order valence-electron chi connectivity index (χ0n) is 11.0. The van der Waals surface area contributed by atoms with E-state index in [0.29, 0.717) is 13.2 Å². The Bertz CT molecular complexity index is 575. The van der Waals surface area contributed by atoms with E-state index in [1.54, 1.807) is 12.5 Å². The Morgan fingerprint density at radius 1 is 1.42 bits per heavy atom. The van der Waals surface area contributed by atoms with Crippen molar-refractivity contribution in [1.82, 2.24) is 14.5 Å². The third kappa shape index (κ3) is 2.17. The monoisotopic (exact) mass is 262 g/mol. The Labute approximate surface area is 111 Å². The number of imidazole rings is 1. The number of aromatic nitrogens is 3. The van der Waals surface area contributed by atoms with Gasteiger partial charge < -0.3 is 19.7 Å². The Hall–Kier alpha value is -1.66. The number of nitrogens with zero attached hydrogens (tertiary/aromatic N) is 3. The molecule has 0 unspecified atom stereocenters. The number of hydrogen-bond acceptors (Lipinski definition) is 5. The number of hydrogen-bond donors (Lipinski definition) is 2. The molecule has 1 fully saturated rings. The standard InChI is InChI=1S/C13H18N4O2/c1-17-9-15-11-10(17)2-5-14-12(11)16-13(8-18)3-6-19-7-4-13/h2,5,9,18H,3-4,6-8H2,1H3,(H,14,16). The van der Waals surface area contributed by atoms with Crippen LogP contribution in [0.3, 0.4) is 0 Å². The van der Waals surface area contributed by atoms with E-state index in [2.05, 4.69) is 15.3 Å². The first-order valence-electron chi connectivity index (χ1n) is 6.47. The van der Waals surface area contributed by atoms with Crippen LogP contribution in [0.2, 0.25) is 0 Å². The number of aryl methyl sites for hydroxylation is 1. The van der Waals surface area contributed by atoms with Gasteiger partial charge in [-0.05, 0) is 18.9 Å². The average Bonchev–Trinajstić information content (AvgIpc) is 2.83. The second-order valence-corrected chi connectivity index (χ2v) is 5.06. The number of fused-ring (bicyclic) bond motifs is 1. The summed E-state index contributed by atoms with van der Waals surface area (Å²) >= 11 is 0. The highest BCUT2D eigenvalue weighted by Gasteiger charge is 2.32. The van der Waals surface area contributed by atoms with Crippen LogP contribution in [0.5, 0.6) is 0 Å². The van der Waals surface area contributed by atoms with Gasteiger partial charge >= 0.3 is 0 Å². The Morgan fingerprint density at radius 2 is 2.21 bits per heavy atom. The van der Waals surface area contributed by atoms with E-state index in [1.807, 2.05) is 17.7 Å². The summed E-state index contributed by atoms with van der Waals surface area (Å²) < 4.78 is 7.32. The molecule has 0 aliphatic carbocycles. The second-order valence-electron chi connectivity index (χ2n) is 5.06. The highest BCUT2D eigenvalue weighted by atomic mass is 16.5. The fourth-order valence-corrected chi connectivity index (χ4v) is 2.49. The minimum atomic E-state index is -0.350. The largest absolute Gasteiger partial charge is 0.394 e. The van der Waals surface area contributed by atoms with E-state index in [1.165, 1.54) is 0 Å². The lowest BCUT2D eigenvalue weighted by molar-refractivity contribution is 0.0379. The lowest BCUT2D eigenvalue weighted by atomic mass is 9.91. The number of rotatable bonds is 3. The van der Waals surface area contributed by atoms with Crippen molar-refractivity contribution < 1.29 is 9.84 Å². The molecule has 1 aliphatic rings. The van der Waals surface area contributed by atoms with E-state index in [0.717, 1.165) is 29.7 Å². The maximum absolute atomic E-state index is 9.71. The molecule has 0 radical (unpaired) electrons. The number of aliphatic hydroxyl groups is 1. The summed E-state index contributed by atoms with van der Waals surface area (Å²) in [7, 11) is 1.95. The van der Waals surface area contributed by atoms with Gasteiger partial charge in [0.1, 0.15) is 5.52 Å². The molecule has 0 spiro atoms. The molecule has 1 aliphatic heterocycles. The molecule has 102 valence electrons. The van der Waals surface area contributed by atoms with Crippen molar-refractivity contribution in [2.45, 2.75) is 18.4 Å². The quantitative estimate of drug-likeness (QED) is 0.860. The van der Waals surface area contributed by atoms with Crippen molar-refractivity contribution in [3.63, 3.8) is 0 Å². The van der Waals surface area contributed by atoms with Crippen molar-refractivity contribution in [3.05, 3.63) is 18.6 Å². The van der Waals surface area contributed by atoms with Gasteiger partial charge in [0.25, 0.3) is 0 Å². The second kappa shape index (κ2) is 4.79. The molecule has 2 aromatic heterocycles. The summed E-state index contributed by atoms with van der Waals surface area (Å²) in [5.74, 6) is 0.731. The highest BCUT2D eigenvalue weighted by Crippen LogP contribution is 2.28. The predicted molar refractivity (Wildman–Crippen MR) is 72.0 cm³/mol. The van der Waals surface area contributed by atoms with Crippen molar-refractivity contribution in [2.24, 2.45) is 7.05 Å². The van der Waals surface area contributed by atoms with Gasteiger partial charge in [0.05, 0.1) is 24.0 Å². The summed E-state index contributed by atoms with van der Waals surface area (Å²) in [4.78, 5) is 8.74. The third-order valence-electron chi connectivity index (χ3n) is 3.78. The Balaban J connectivity index is 1.95. The molecule has 19 heavy (non-hydrogen) atoms. The lowest BCUT2D eigenvalue weighted by Gasteiger charge is -2.36. The smallest absolute Gasteiger partial charge is 0.154 e. The number of ether oxygens (including phenoxy) is 1. The summed E-state index contributed by atoms with van der Waals surface area (Å²) in [5, 5.41) is 13.1. The SMILES string of the molecule is Cn1cnc2c(NC3(CO)CCOCC3)nccc21. The van der Waals surface area contributed by atoms with Crippen LogP contribution in [0.15, 0.2) is 18.6 Å². The van der Waals surface area contributed by atoms with Crippen LogP contribution < -0.4 is 5.32 Å². The van der Waals surface area contributed by atoms with E-state index < -0.39 is 0 Å². The Kier molecular flexibility index (Phi) is 3.12. The molecular formula is C13H18N4O2. The number of aliphatic hydroxyl groups excluding tert-OH is 1. The molecule has 3 heterocycles. The van der Waals surface area contributed by atoms with Gasteiger partial charge in [0.2, 0.25) is 0 Å². The minimum Gasteiger partial charge on any atom is -0.394 e. The summed E-state index contributed by atoms with van der Waals surface area (Å²) in [5.41, 5.74) is 1.51. The molecule has 3 rings (SSSR count). The molecular weight excluding hydrogens is 244 g/mol. The fraction of sp³-hybridized carbons (Fsp3) is 0.538. The van der Waals surface area contributed by atoms with E-state index in [4.69, 9.17) is 4.74 Å². The van der Waals surface area contributed by atoms with Crippen LogP contribution in [-0.2, 0) is 11.8 Å². The van der Waals surface area contributed by atoms with E-state index in [9.17, 15) is 5.11 Å². The third-order valence-corrected chi connectivity index (χ3v) is 3.78. The van der Waals surface area contributed by atoms with Crippen LogP contribution in [0.1, 0.15) is 12.8 Å². The van der Waals surface area contributed by atoms with Gasteiger partial charge in [-0.3, -0.25) is 0 Å². The van der Waals surface area contributed by atoms with Crippen molar-refractivity contribution >= 4 is 16.9 Å². The van der Waals surface area contributed by atoms with Gasteiger partial charge in [-0.25, -0.2) is 9.97 Å². The first kappa shape index (κ1) is 12.4. The normalized spacial score (nSPS) is 18.6. The van der Waals surface area contributed by atoms with Crippen LogP contribution >= 0.6 is 0 Å². The summed E-state index contributed by atoms with van der Waals surface area (Å²) in [6.45, 7) is 1.39. The first-order valence-corrected chi connectivity index (χ1v) is 6.47. The molecule has 0 bridgehead atoms. The van der Waals surface area contributed by atoms with Crippen molar-refractivity contribution in [1.29, 1.82) is 0 Å². The zero-order valence-corrected chi connectivity index (χ0v) is 11.0. The fourth-order valence-electron chi connectivity index (χ4n) is 2.49. The van der Waals surface area contributed by atoms with E-state index >= 15 is 0 Å². The average molecular weight is 262 g/mol. The molecule has 1 saturated heterocycles. The zero-order chi connectivity index (χ0) is 13.3. The minimum absolute atomic E-state index is 0.0707. The molecule has 0 atom stereocenters. The maximum Gasteiger partial charge on any atom is 0.154 e. The van der Waals surface area contributed by atoms with Gasteiger partial charge in [0.15, 0.2) is 5.82 Å². The lowest BCUT2D eigenvalue weighted by Crippen LogP contribution is -2.47. The molecule has 0 saturated carbocycles. The first-order chi connectivity index (χ1) is 9.24. The van der Waals surface area contributed by atoms with Crippen LogP contribution in [0.25, 0.3) is 11.0 Å². The number of anilines is 1. The molecule has 2 aromatic rings. The van der Waals surface area contributed by atoms with Crippen LogP contribution in [0, 0.1) is 0 Å². The van der Waals surface area contributed by atoms with Crippen LogP contribution in [0.4, 0.5) is 5.82 Å². The number of pyridine rings is 1. The van der Waals surface area contributed by atoms with Gasteiger partial charge in [-0.1, -0.05) is 0 Å². The van der Waals surface area contributed by atoms with Gasteiger partial charge in [-0.2, -0.15) is 0 Å². The van der Waals surface area contributed by atoms with Crippen LogP contribution in [-0.4, -0.2) is 45.0 Å². The number of nitrogens with one attached hydrogen (secondary N) is 1. The highest BCUT2D eigenvalue weighted by molar-refractivity contribution is 5.86. The van der Waals surface area contributed by atoms with E-state index in [-0.39, 0.29) is 12.1 Å². The Morgan fingerprint density at radius 3 is 2.95 bits per heavy atom. The van der Waals surface area contributed by atoms with Gasteiger partial charge in [0, 0.05) is 26.5 Å². The predicted octanol–water partition coefficient (Wildman–Crippen LogP) is 0.922. The topological polar surface area (TPSA) is 72.2 Å². The van der Waals surface area contributed by atoms with Crippen molar-refractivity contribution in [2.75, 3.05) is 25.1 Å². The molecule has 2 N–H and O–H groups in total. The molecule has 6 nitrogen and oxygen atoms in total.